The molecule has 0 spiro atoms. The maximum absolute atomic E-state index is 11.4. The van der Waals surface area contributed by atoms with Crippen molar-refractivity contribution in [3.05, 3.63) is 63.2 Å². The molecule has 0 bridgehead atoms. The number of amides is 3. The quantitative estimate of drug-likeness (QED) is 0.374. The number of imide groups is 1. The first-order valence-electron chi connectivity index (χ1n) is 7.30. The van der Waals surface area contributed by atoms with Crippen molar-refractivity contribution in [2.24, 2.45) is 5.10 Å². The summed E-state index contributed by atoms with van der Waals surface area (Å²) in [5.74, 6) is -0.179. The van der Waals surface area contributed by atoms with Gasteiger partial charge in [0.05, 0.1) is 16.2 Å². The molecule has 1 N–H and O–H groups in total. The van der Waals surface area contributed by atoms with E-state index in [-0.39, 0.29) is 23.7 Å². The average Bonchev–Trinajstić information content (AvgIpc) is 2.93. The molecule has 2 aromatic rings. The predicted octanol–water partition coefficient (Wildman–Crippen LogP) is 2.93. The number of carbonyl (C=O) groups excluding carboxylic acids is 2. The molecule has 0 atom stereocenters. The standard InChI is InChI=1S/C16H11ClN4O5/c17-11-3-1-2-4-13(11)26-14-6-5-10(7-12(14)21(24)25)8-18-20-9-15(22)19-16(20)23/h1-8H,9H2,(H,19,22,23)/b18-8-. The Balaban J connectivity index is 1.85. The molecule has 0 unspecified atom stereocenters. The van der Waals surface area contributed by atoms with Gasteiger partial charge in [-0.3, -0.25) is 20.2 Å². The second-order valence-corrected chi connectivity index (χ2v) is 5.58. The number of nitro groups is 1. The number of benzene rings is 2. The van der Waals surface area contributed by atoms with Crippen molar-refractivity contribution in [1.82, 2.24) is 10.3 Å². The van der Waals surface area contributed by atoms with Crippen LogP contribution < -0.4 is 10.1 Å². The van der Waals surface area contributed by atoms with Crippen molar-refractivity contribution in [3.63, 3.8) is 0 Å². The van der Waals surface area contributed by atoms with Crippen molar-refractivity contribution >= 4 is 35.4 Å². The van der Waals surface area contributed by atoms with E-state index in [1.165, 1.54) is 24.4 Å². The Kier molecular flexibility index (Phi) is 4.81. The number of rotatable bonds is 5. The molecular weight excluding hydrogens is 364 g/mol. The van der Waals surface area contributed by atoms with Gasteiger partial charge in [-0.15, -0.1) is 0 Å². The number of urea groups is 1. The summed E-state index contributed by atoms with van der Waals surface area (Å²) in [5, 5.41) is 18.5. The van der Waals surface area contributed by atoms with E-state index in [0.29, 0.717) is 10.6 Å². The first kappa shape index (κ1) is 17.4. The van der Waals surface area contributed by atoms with E-state index < -0.39 is 16.9 Å². The normalized spacial score (nSPS) is 14.0. The van der Waals surface area contributed by atoms with E-state index in [1.54, 1.807) is 24.3 Å². The number of ether oxygens (including phenoxy) is 1. The van der Waals surface area contributed by atoms with Gasteiger partial charge in [0.15, 0.2) is 0 Å². The molecule has 1 aliphatic rings. The second-order valence-electron chi connectivity index (χ2n) is 5.17. The lowest BCUT2D eigenvalue weighted by molar-refractivity contribution is -0.385. The van der Waals surface area contributed by atoms with Crippen molar-refractivity contribution in [3.8, 4) is 11.5 Å². The van der Waals surface area contributed by atoms with Crippen LogP contribution in [-0.2, 0) is 4.79 Å². The lowest BCUT2D eigenvalue weighted by Gasteiger charge is -2.08. The lowest BCUT2D eigenvalue weighted by Crippen LogP contribution is -2.24. The summed E-state index contributed by atoms with van der Waals surface area (Å²) in [5.41, 5.74) is 0.0613. The average molecular weight is 375 g/mol. The summed E-state index contributed by atoms with van der Waals surface area (Å²) in [6, 6.07) is 10.1. The number of para-hydroxylation sites is 1. The zero-order valence-corrected chi connectivity index (χ0v) is 13.8. The molecule has 0 aliphatic carbocycles. The molecular formula is C16H11ClN4O5. The fourth-order valence-electron chi connectivity index (χ4n) is 2.15. The molecule has 1 heterocycles. The van der Waals surface area contributed by atoms with Crippen LogP contribution in [-0.4, -0.2) is 34.6 Å². The van der Waals surface area contributed by atoms with Crippen molar-refractivity contribution in [1.29, 1.82) is 0 Å². The van der Waals surface area contributed by atoms with E-state index in [4.69, 9.17) is 16.3 Å². The maximum Gasteiger partial charge on any atom is 0.344 e. The number of carbonyl (C=O) groups is 2. The molecule has 1 fully saturated rings. The number of nitrogens with zero attached hydrogens (tertiary/aromatic N) is 3. The van der Waals surface area contributed by atoms with Gasteiger partial charge in [0.25, 0.3) is 0 Å². The molecule has 9 nitrogen and oxygen atoms in total. The highest BCUT2D eigenvalue weighted by atomic mass is 35.5. The van der Waals surface area contributed by atoms with Gasteiger partial charge in [-0.05, 0) is 24.3 Å². The molecule has 10 heteroatoms. The zero-order valence-electron chi connectivity index (χ0n) is 13.1. The maximum atomic E-state index is 11.4. The van der Waals surface area contributed by atoms with Gasteiger partial charge in [0, 0.05) is 11.6 Å². The number of nitro benzene ring substituents is 1. The molecule has 1 aliphatic heterocycles. The molecule has 0 radical (unpaired) electrons. The number of hydrogen-bond donors (Lipinski definition) is 1. The molecule has 0 aromatic heterocycles. The van der Waals surface area contributed by atoms with Crippen LogP contribution in [0, 0.1) is 10.1 Å². The zero-order chi connectivity index (χ0) is 18.7. The van der Waals surface area contributed by atoms with E-state index in [1.807, 2.05) is 0 Å². The highest BCUT2D eigenvalue weighted by molar-refractivity contribution is 6.32. The minimum Gasteiger partial charge on any atom is -0.449 e. The molecule has 26 heavy (non-hydrogen) atoms. The van der Waals surface area contributed by atoms with Gasteiger partial charge in [0.2, 0.25) is 11.7 Å². The highest BCUT2D eigenvalue weighted by Crippen LogP contribution is 2.35. The largest absolute Gasteiger partial charge is 0.449 e. The third kappa shape index (κ3) is 3.78. The van der Waals surface area contributed by atoms with Gasteiger partial charge in [-0.25, -0.2) is 9.80 Å². The molecule has 2 aromatic carbocycles. The summed E-state index contributed by atoms with van der Waals surface area (Å²) in [7, 11) is 0. The van der Waals surface area contributed by atoms with Gasteiger partial charge in [-0.2, -0.15) is 5.10 Å². The predicted molar refractivity (Wildman–Crippen MR) is 92.5 cm³/mol. The van der Waals surface area contributed by atoms with Crippen molar-refractivity contribution in [2.45, 2.75) is 0 Å². The summed E-state index contributed by atoms with van der Waals surface area (Å²) >= 11 is 6.00. The third-order valence-electron chi connectivity index (χ3n) is 3.36. The van der Waals surface area contributed by atoms with E-state index in [2.05, 4.69) is 10.4 Å². The monoisotopic (exact) mass is 374 g/mol. The number of halogens is 1. The molecule has 0 saturated carbocycles. The van der Waals surface area contributed by atoms with Gasteiger partial charge >= 0.3 is 11.7 Å². The first-order chi connectivity index (χ1) is 12.4. The van der Waals surface area contributed by atoms with E-state index in [9.17, 15) is 19.7 Å². The SMILES string of the molecule is O=C1CN(/N=C\c2ccc(Oc3ccccc3Cl)c([N+](=O)[O-])c2)C(=O)N1. The third-order valence-corrected chi connectivity index (χ3v) is 3.67. The molecule has 1 saturated heterocycles. The molecule has 3 rings (SSSR count). The van der Waals surface area contributed by atoms with Crippen LogP contribution in [0.15, 0.2) is 47.6 Å². The Bertz CT molecular complexity index is 931. The Hall–Kier alpha value is -3.46. The van der Waals surface area contributed by atoms with E-state index in [0.717, 1.165) is 5.01 Å². The van der Waals surface area contributed by atoms with Gasteiger partial charge < -0.3 is 4.74 Å². The van der Waals surface area contributed by atoms with Crippen LogP contribution in [0.25, 0.3) is 0 Å². The molecule has 132 valence electrons. The number of nitrogens with one attached hydrogen (secondary N) is 1. The van der Waals surface area contributed by atoms with E-state index >= 15 is 0 Å². The Morgan fingerprint density at radius 2 is 2.00 bits per heavy atom. The lowest BCUT2D eigenvalue weighted by atomic mass is 10.2. The fraction of sp³-hybridized carbons (Fsp3) is 0.0625. The summed E-state index contributed by atoms with van der Waals surface area (Å²) in [6.07, 6.45) is 1.24. The van der Waals surface area contributed by atoms with Crippen LogP contribution in [0.2, 0.25) is 5.02 Å². The van der Waals surface area contributed by atoms with Crippen LogP contribution in [0.1, 0.15) is 5.56 Å². The first-order valence-corrected chi connectivity index (χ1v) is 7.68. The summed E-state index contributed by atoms with van der Waals surface area (Å²) in [4.78, 5) is 33.2. The summed E-state index contributed by atoms with van der Waals surface area (Å²) in [6.45, 7) is -0.203. The second kappa shape index (κ2) is 7.19. The van der Waals surface area contributed by atoms with Crippen LogP contribution >= 0.6 is 11.6 Å². The van der Waals surface area contributed by atoms with Crippen molar-refractivity contribution in [2.75, 3.05) is 6.54 Å². The molecule has 3 amide bonds. The smallest absolute Gasteiger partial charge is 0.344 e. The van der Waals surface area contributed by atoms with Gasteiger partial charge in [-0.1, -0.05) is 23.7 Å². The number of hydrogen-bond acceptors (Lipinski definition) is 6. The van der Waals surface area contributed by atoms with Gasteiger partial charge in [0.1, 0.15) is 12.3 Å². The van der Waals surface area contributed by atoms with Crippen LogP contribution in [0.5, 0.6) is 11.5 Å². The Labute approximate surface area is 152 Å². The van der Waals surface area contributed by atoms with Crippen molar-refractivity contribution < 1.29 is 19.2 Å². The van der Waals surface area contributed by atoms with Crippen LogP contribution in [0.4, 0.5) is 10.5 Å². The fourth-order valence-corrected chi connectivity index (χ4v) is 2.32. The number of hydrazone groups is 1. The minimum absolute atomic E-state index is 0.00865. The summed E-state index contributed by atoms with van der Waals surface area (Å²) < 4.78 is 5.53. The Morgan fingerprint density at radius 1 is 1.23 bits per heavy atom. The highest BCUT2D eigenvalue weighted by Gasteiger charge is 2.26. The minimum atomic E-state index is -0.653. The van der Waals surface area contributed by atoms with Crippen LogP contribution in [0.3, 0.4) is 0 Å². The Morgan fingerprint density at radius 3 is 2.65 bits per heavy atom. The topological polar surface area (TPSA) is 114 Å².